The van der Waals surface area contributed by atoms with E-state index in [-0.39, 0.29) is 52.2 Å². The van der Waals surface area contributed by atoms with Gasteiger partial charge >= 0.3 is 5.97 Å². The monoisotopic (exact) mass is 827 g/mol. The normalized spacial score (nSPS) is 18.7. The summed E-state index contributed by atoms with van der Waals surface area (Å²) in [7, 11) is 0. The van der Waals surface area contributed by atoms with Crippen molar-refractivity contribution >= 4 is 69.0 Å². The van der Waals surface area contributed by atoms with Crippen LogP contribution in [0.25, 0.3) is 0 Å². The molecule has 15 nitrogen and oxygen atoms in total. The molecule has 0 aliphatic carbocycles. The molecule has 0 unspecified atom stereocenters. The number of nitrogens with two attached hydrogens (primary N) is 1. The van der Waals surface area contributed by atoms with Gasteiger partial charge in [-0.3, -0.25) is 29.4 Å². The first-order valence-electron chi connectivity index (χ1n) is 18.2. The third-order valence-electron chi connectivity index (χ3n) is 10.1. The fourth-order valence-electron chi connectivity index (χ4n) is 7.33. The van der Waals surface area contributed by atoms with E-state index in [1.165, 1.54) is 40.9 Å². The second-order valence-electron chi connectivity index (χ2n) is 13.6. The molecule has 4 aromatic carbocycles. The first-order valence-corrected chi connectivity index (χ1v) is 20.1. The van der Waals surface area contributed by atoms with Crippen LogP contribution in [0.15, 0.2) is 149 Å². The predicted molar refractivity (Wildman–Crippen MR) is 221 cm³/mol. The van der Waals surface area contributed by atoms with Crippen molar-refractivity contribution in [2.24, 2.45) is 5.16 Å². The number of thioether (sulfide) groups is 1. The number of amides is 3. The van der Waals surface area contributed by atoms with Crippen LogP contribution in [0.5, 0.6) is 0 Å². The summed E-state index contributed by atoms with van der Waals surface area (Å²) in [5.41, 5.74) is 7.07. The SMILES string of the molecule is Nc1nc(C(=NOC(c2ccccc2)(c2ccccc2)c2ccccc2)C(=O)N[C@@H]2C(=O)N3C(C(=O)O)=C(C=C4CCN(c5cccc([N+](=O)[O-])c5)C4=O)CS[C@H]23)cs1. The van der Waals surface area contributed by atoms with Gasteiger partial charge in [-0.2, -0.15) is 0 Å². The molecule has 3 aliphatic rings. The van der Waals surface area contributed by atoms with Gasteiger partial charge in [-0.15, -0.1) is 23.1 Å². The molecular weight excluding hydrogens is 795 g/mol. The van der Waals surface area contributed by atoms with E-state index in [0.29, 0.717) is 11.3 Å². The molecule has 17 heteroatoms. The Bertz CT molecular complexity index is 2480. The topological polar surface area (TPSA) is 211 Å². The molecular formula is C42H33N7O8S2. The summed E-state index contributed by atoms with van der Waals surface area (Å²) in [6.45, 7) is 0.232. The summed E-state index contributed by atoms with van der Waals surface area (Å²) in [4.78, 5) is 78.3. The quantitative estimate of drug-likeness (QED) is 0.0360. The number of fused-ring (bicyclic) bond motifs is 1. The Morgan fingerprint density at radius 1 is 0.966 bits per heavy atom. The molecule has 4 heterocycles. The predicted octanol–water partition coefficient (Wildman–Crippen LogP) is 5.45. The number of nitrogens with one attached hydrogen (secondary N) is 1. The van der Waals surface area contributed by atoms with Gasteiger partial charge in [-0.25, -0.2) is 9.78 Å². The molecule has 0 bridgehead atoms. The van der Waals surface area contributed by atoms with Gasteiger partial charge < -0.3 is 25.9 Å². The van der Waals surface area contributed by atoms with Crippen molar-refractivity contribution < 1.29 is 34.0 Å². The maximum absolute atomic E-state index is 14.3. The molecule has 0 spiro atoms. The van der Waals surface area contributed by atoms with E-state index in [0.717, 1.165) is 32.9 Å². The molecule has 1 aromatic heterocycles. The third-order valence-corrected chi connectivity index (χ3v) is 12.1. The number of β-lactam (4-membered cyclic amide) rings is 1. The number of allylic oxidation sites excluding steroid dienone is 1. The van der Waals surface area contributed by atoms with Crippen LogP contribution in [0.1, 0.15) is 28.8 Å². The Balaban J connectivity index is 1.08. The molecule has 8 rings (SSSR count). The van der Waals surface area contributed by atoms with Gasteiger partial charge in [0.05, 0.1) is 10.6 Å². The minimum Gasteiger partial charge on any atom is -0.477 e. The Hall–Kier alpha value is -7.11. The van der Waals surface area contributed by atoms with E-state index < -0.39 is 45.6 Å². The third kappa shape index (κ3) is 7.21. The number of aromatic nitrogens is 1. The highest BCUT2D eigenvalue weighted by Gasteiger charge is 2.54. The number of nitro groups is 1. The van der Waals surface area contributed by atoms with E-state index in [1.807, 2.05) is 91.0 Å². The Kier molecular flexibility index (Phi) is 10.5. The van der Waals surface area contributed by atoms with Crippen LogP contribution in [0.2, 0.25) is 0 Å². The lowest BCUT2D eigenvalue weighted by atomic mass is 9.80. The number of carbonyl (C=O) groups is 4. The number of nitrogens with zero attached hydrogens (tertiary/aromatic N) is 5. The van der Waals surface area contributed by atoms with Gasteiger partial charge in [0, 0.05) is 52.1 Å². The molecule has 4 N–H and O–H groups in total. The maximum atomic E-state index is 14.3. The summed E-state index contributed by atoms with van der Waals surface area (Å²) >= 11 is 2.31. The minimum atomic E-state index is -1.38. The smallest absolute Gasteiger partial charge is 0.352 e. The number of nitrogen functional groups attached to an aromatic ring is 1. The second kappa shape index (κ2) is 16.0. The van der Waals surface area contributed by atoms with Gasteiger partial charge in [-0.1, -0.05) is 102 Å². The van der Waals surface area contributed by atoms with Crippen LogP contribution in [-0.2, 0) is 29.6 Å². The van der Waals surface area contributed by atoms with E-state index in [4.69, 9.17) is 10.6 Å². The van der Waals surface area contributed by atoms with Crippen LogP contribution in [-0.4, -0.2) is 73.0 Å². The number of non-ortho nitro benzene ring substituents is 1. The van der Waals surface area contributed by atoms with Crippen LogP contribution in [0.4, 0.5) is 16.5 Å². The van der Waals surface area contributed by atoms with Crippen molar-refractivity contribution in [3.63, 3.8) is 0 Å². The zero-order valence-electron chi connectivity index (χ0n) is 30.8. The molecule has 3 aliphatic heterocycles. The average molecular weight is 828 g/mol. The minimum absolute atomic E-state index is 0.105. The molecule has 2 saturated heterocycles. The number of carboxylic acids is 1. The van der Waals surface area contributed by atoms with Crippen LogP contribution >= 0.6 is 23.1 Å². The number of aliphatic carboxylic acids is 1. The van der Waals surface area contributed by atoms with Crippen molar-refractivity contribution in [1.82, 2.24) is 15.2 Å². The van der Waals surface area contributed by atoms with E-state index in [2.05, 4.69) is 15.5 Å². The largest absolute Gasteiger partial charge is 0.477 e. The van der Waals surface area contributed by atoms with Gasteiger partial charge in [-0.05, 0) is 24.1 Å². The molecule has 2 atom stereocenters. The molecule has 5 aromatic rings. The van der Waals surface area contributed by atoms with Gasteiger partial charge in [0.25, 0.3) is 23.4 Å². The number of nitro benzene ring substituents is 1. The summed E-state index contributed by atoms with van der Waals surface area (Å²) in [5, 5.41) is 29.8. The van der Waals surface area contributed by atoms with Crippen molar-refractivity contribution in [2.45, 2.75) is 23.4 Å². The number of anilines is 2. The van der Waals surface area contributed by atoms with E-state index >= 15 is 0 Å². The summed E-state index contributed by atoms with van der Waals surface area (Å²) < 4.78 is 0. The molecule has 2 fully saturated rings. The Morgan fingerprint density at radius 3 is 2.15 bits per heavy atom. The maximum Gasteiger partial charge on any atom is 0.352 e. The Morgan fingerprint density at radius 2 is 1.59 bits per heavy atom. The van der Waals surface area contributed by atoms with Gasteiger partial charge in [0.1, 0.15) is 22.8 Å². The van der Waals surface area contributed by atoms with Crippen molar-refractivity contribution in [2.75, 3.05) is 22.9 Å². The lowest BCUT2D eigenvalue weighted by Gasteiger charge is -2.49. The number of benzene rings is 4. The van der Waals surface area contributed by atoms with Crippen LogP contribution in [0, 0.1) is 10.1 Å². The average Bonchev–Trinajstić information content (AvgIpc) is 3.86. The number of rotatable bonds is 12. The molecule has 59 heavy (non-hydrogen) atoms. The standard InChI is InChI=1S/C42H33N7O8S2/c43-41-44-32(24-59-41)33(46-57-42(27-11-4-1-5-12-27,28-13-6-2-7-14-28)29-15-8-3-9-16-29)36(50)45-34-38(52)48-35(40(53)54)26(23-58-39(34)48)21-25-19-20-47(37(25)51)30-17-10-18-31(22-30)49(55)56/h1-18,21-22,24,34,39H,19-20,23H2,(H2,43,44)(H,45,50)(H,53,54)/t34-,39-/m1/s1. The van der Waals surface area contributed by atoms with Crippen LogP contribution in [0.3, 0.4) is 0 Å². The molecule has 0 saturated carbocycles. The lowest BCUT2D eigenvalue weighted by molar-refractivity contribution is -0.384. The molecule has 3 amide bonds. The zero-order valence-corrected chi connectivity index (χ0v) is 32.5. The number of carboxylic acid groups (broad SMARTS) is 1. The zero-order chi connectivity index (χ0) is 41.3. The highest BCUT2D eigenvalue weighted by Crippen LogP contribution is 2.43. The second-order valence-corrected chi connectivity index (χ2v) is 15.6. The van der Waals surface area contributed by atoms with Crippen molar-refractivity contribution in [1.29, 1.82) is 0 Å². The van der Waals surface area contributed by atoms with Crippen LogP contribution < -0.4 is 16.0 Å². The number of hydrogen-bond acceptors (Lipinski definition) is 12. The molecule has 296 valence electrons. The highest BCUT2D eigenvalue weighted by molar-refractivity contribution is 8.00. The number of hydrogen-bond donors (Lipinski definition) is 3. The summed E-state index contributed by atoms with van der Waals surface area (Å²) in [6, 6.07) is 32.8. The number of carbonyl (C=O) groups excluding carboxylic acids is 3. The van der Waals surface area contributed by atoms with E-state index in [1.54, 1.807) is 11.4 Å². The van der Waals surface area contributed by atoms with E-state index in [9.17, 15) is 34.4 Å². The Labute approximate surface area is 344 Å². The first-order chi connectivity index (χ1) is 28.6. The molecule has 0 radical (unpaired) electrons. The number of thiazole rings is 1. The fraction of sp³-hybridized carbons (Fsp3) is 0.143. The summed E-state index contributed by atoms with van der Waals surface area (Å²) in [5.74, 6) is -3.18. The number of oxime groups is 1. The van der Waals surface area contributed by atoms with Gasteiger partial charge in [0.2, 0.25) is 5.60 Å². The summed E-state index contributed by atoms with van der Waals surface area (Å²) in [6.07, 6.45) is 1.73. The van der Waals surface area contributed by atoms with Gasteiger partial charge in [0.15, 0.2) is 10.8 Å². The highest BCUT2D eigenvalue weighted by atomic mass is 32.2. The van der Waals surface area contributed by atoms with Crippen molar-refractivity contribution in [3.05, 3.63) is 176 Å². The fourth-order valence-corrected chi connectivity index (χ4v) is 9.19. The van der Waals surface area contributed by atoms with Crippen molar-refractivity contribution in [3.8, 4) is 0 Å². The first kappa shape index (κ1) is 38.7. The lowest BCUT2D eigenvalue weighted by Crippen LogP contribution is -2.71.